The Bertz CT molecular complexity index is 1890. The van der Waals surface area contributed by atoms with Gasteiger partial charge in [0.1, 0.15) is 11.4 Å². The first kappa shape index (κ1) is 30.1. The number of methoxy groups -OCH3 is 1. The third-order valence-corrected chi connectivity index (χ3v) is 9.86. The molecule has 44 heavy (non-hydrogen) atoms. The van der Waals surface area contributed by atoms with Crippen molar-refractivity contribution in [2.24, 2.45) is 5.10 Å². The number of fused-ring (bicyclic) bond motifs is 3. The van der Waals surface area contributed by atoms with Crippen molar-refractivity contribution in [3.8, 4) is 17.2 Å². The lowest BCUT2D eigenvalue weighted by Gasteiger charge is -2.13. The lowest BCUT2D eigenvalue weighted by atomic mass is 9.97. The van der Waals surface area contributed by atoms with Crippen molar-refractivity contribution >= 4 is 61.4 Å². The number of rotatable bonds is 10. The highest BCUT2D eigenvalue weighted by Gasteiger charge is 2.23. The van der Waals surface area contributed by atoms with E-state index < -0.39 is 0 Å². The van der Waals surface area contributed by atoms with Crippen molar-refractivity contribution in [3.05, 3.63) is 109 Å². The van der Waals surface area contributed by atoms with Gasteiger partial charge >= 0.3 is 0 Å². The van der Waals surface area contributed by atoms with E-state index in [-0.39, 0.29) is 17.2 Å². The van der Waals surface area contributed by atoms with Crippen LogP contribution in [0, 0.1) is 0 Å². The van der Waals surface area contributed by atoms with Crippen LogP contribution in [0.2, 0.25) is 0 Å². The number of aryl methyl sites for hydroxylation is 2. The van der Waals surface area contributed by atoms with Crippen molar-refractivity contribution < 1.29 is 14.3 Å². The first-order valence-corrected chi connectivity index (χ1v) is 16.7. The van der Waals surface area contributed by atoms with Crippen molar-refractivity contribution in [2.45, 2.75) is 37.4 Å². The third-order valence-electron chi connectivity index (χ3n) is 7.20. The summed E-state index contributed by atoms with van der Waals surface area (Å²) in [4.78, 5) is 33.6. The van der Waals surface area contributed by atoms with Crippen molar-refractivity contribution in [1.82, 2.24) is 15.0 Å². The zero-order chi connectivity index (χ0) is 30.5. The zero-order valence-electron chi connectivity index (χ0n) is 23.9. The number of amides is 1. The molecule has 0 fully saturated rings. The van der Waals surface area contributed by atoms with E-state index in [0.717, 1.165) is 51.7 Å². The van der Waals surface area contributed by atoms with Gasteiger partial charge in [0.05, 0.1) is 30.2 Å². The van der Waals surface area contributed by atoms with Crippen molar-refractivity contribution in [3.63, 3.8) is 0 Å². The molecule has 0 bridgehead atoms. The predicted octanol–water partition coefficient (Wildman–Crippen LogP) is 6.92. The number of halogens is 1. The summed E-state index contributed by atoms with van der Waals surface area (Å²) in [5, 5.41) is 5.32. The van der Waals surface area contributed by atoms with Gasteiger partial charge in [-0.1, -0.05) is 58.0 Å². The summed E-state index contributed by atoms with van der Waals surface area (Å²) in [7, 11) is 1.59. The Morgan fingerprint density at radius 1 is 1.09 bits per heavy atom. The van der Waals surface area contributed by atoms with Crippen LogP contribution in [0.4, 0.5) is 0 Å². The molecule has 6 rings (SSSR count). The standard InChI is InChI=1S/C33H29BrN4O4S2/c1-41-26-16-11-22(17-27(26)42-19-21-7-3-2-4-8-21)18-35-37-29(39)20-43-33-36-31-30(25-9-5-6-10-28(25)44-31)32(40)38(33)24-14-12-23(34)13-15-24/h2-4,7-8,11-18H,5-6,9-10,19-20H2,1H3,(H,37,39). The fourth-order valence-electron chi connectivity index (χ4n) is 5.06. The molecular weight excluding hydrogens is 660 g/mol. The molecule has 224 valence electrons. The van der Waals surface area contributed by atoms with E-state index in [1.54, 1.807) is 35.3 Å². The molecule has 0 radical (unpaired) electrons. The maximum Gasteiger partial charge on any atom is 0.267 e. The lowest BCUT2D eigenvalue weighted by molar-refractivity contribution is -0.118. The molecule has 0 saturated carbocycles. The Balaban J connectivity index is 1.17. The minimum atomic E-state index is -0.317. The Labute approximate surface area is 271 Å². The number of carbonyl (C=O) groups is 1. The molecule has 2 aromatic heterocycles. The number of nitrogens with one attached hydrogen (secondary N) is 1. The van der Waals surface area contributed by atoms with Gasteiger partial charge in [-0.2, -0.15) is 5.10 Å². The molecule has 1 N–H and O–H groups in total. The van der Waals surface area contributed by atoms with E-state index in [1.165, 1.54) is 16.6 Å². The number of hydrogen-bond donors (Lipinski definition) is 1. The summed E-state index contributed by atoms with van der Waals surface area (Å²) < 4.78 is 13.9. The number of thioether (sulfide) groups is 1. The number of hydrazone groups is 1. The van der Waals surface area contributed by atoms with E-state index in [4.69, 9.17) is 14.5 Å². The maximum atomic E-state index is 13.9. The molecule has 1 amide bonds. The van der Waals surface area contributed by atoms with E-state index in [1.807, 2.05) is 66.7 Å². The second-order valence-corrected chi connectivity index (χ2v) is 13.1. The van der Waals surface area contributed by atoms with Crippen LogP contribution in [-0.2, 0) is 24.2 Å². The first-order chi connectivity index (χ1) is 21.5. The summed E-state index contributed by atoms with van der Waals surface area (Å²) in [6, 6.07) is 22.8. The second-order valence-electron chi connectivity index (χ2n) is 10.2. The van der Waals surface area contributed by atoms with E-state index in [2.05, 4.69) is 26.5 Å². The molecule has 0 spiro atoms. The molecule has 0 unspecified atom stereocenters. The van der Waals surface area contributed by atoms with Crippen molar-refractivity contribution in [2.75, 3.05) is 12.9 Å². The maximum absolute atomic E-state index is 13.9. The largest absolute Gasteiger partial charge is 0.493 e. The van der Waals surface area contributed by atoms with Gasteiger partial charge in [0.15, 0.2) is 16.7 Å². The number of ether oxygens (including phenoxy) is 2. The molecule has 0 aliphatic heterocycles. The van der Waals surface area contributed by atoms with Crippen molar-refractivity contribution in [1.29, 1.82) is 0 Å². The fourth-order valence-corrected chi connectivity index (χ4v) is 7.44. The molecule has 5 aromatic rings. The number of hydrogen-bond acceptors (Lipinski definition) is 8. The third kappa shape index (κ3) is 6.74. The molecule has 8 nitrogen and oxygen atoms in total. The quantitative estimate of drug-likeness (QED) is 0.0741. The topological polar surface area (TPSA) is 94.8 Å². The van der Waals surface area contributed by atoms with Crippen LogP contribution in [0.1, 0.15) is 34.4 Å². The Kier molecular flexibility index (Phi) is 9.44. The molecule has 1 aliphatic rings. The van der Waals surface area contributed by atoms with Gasteiger partial charge in [-0.15, -0.1) is 11.3 Å². The van der Waals surface area contributed by atoms with Crippen LogP contribution in [0.5, 0.6) is 11.5 Å². The summed E-state index contributed by atoms with van der Waals surface area (Å²) in [5.41, 5.74) is 6.10. The Hall–Kier alpha value is -3.93. The molecule has 0 saturated heterocycles. The van der Waals surface area contributed by atoms with Crippen LogP contribution < -0.4 is 20.5 Å². The highest BCUT2D eigenvalue weighted by atomic mass is 79.9. The minimum absolute atomic E-state index is 0.0327. The average Bonchev–Trinajstić information content (AvgIpc) is 3.43. The molecule has 1 aliphatic carbocycles. The van der Waals surface area contributed by atoms with Gasteiger partial charge in [0, 0.05) is 9.35 Å². The fraction of sp³-hybridized carbons (Fsp3) is 0.212. The number of nitrogens with zero attached hydrogens (tertiary/aromatic N) is 3. The molecule has 2 heterocycles. The molecule has 11 heteroatoms. The highest BCUT2D eigenvalue weighted by Crippen LogP contribution is 2.35. The highest BCUT2D eigenvalue weighted by molar-refractivity contribution is 9.10. The first-order valence-electron chi connectivity index (χ1n) is 14.1. The molecular formula is C33H29BrN4O4S2. The number of thiophene rings is 1. The Morgan fingerprint density at radius 3 is 2.68 bits per heavy atom. The smallest absolute Gasteiger partial charge is 0.267 e. The molecule has 3 aromatic carbocycles. The van der Waals surface area contributed by atoms with Crippen LogP contribution >= 0.6 is 39.0 Å². The van der Waals surface area contributed by atoms with Crippen LogP contribution in [-0.4, -0.2) is 34.5 Å². The summed E-state index contributed by atoms with van der Waals surface area (Å²) >= 11 is 6.28. The number of carbonyl (C=O) groups excluding carboxylic acids is 1. The van der Waals surface area contributed by atoms with Crippen LogP contribution in [0.15, 0.2) is 92.3 Å². The van der Waals surface area contributed by atoms with Gasteiger partial charge in [0.2, 0.25) is 0 Å². The number of benzene rings is 3. The normalized spacial score (nSPS) is 12.8. The second kappa shape index (κ2) is 13.8. The zero-order valence-corrected chi connectivity index (χ0v) is 27.1. The monoisotopic (exact) mass is 688 g/mol. The van der Waals surface area contributed by atoms with Gasteiger partial charge < -0.3 is 9.47 Å². The molecule has 0 atom stereocenters. The summed E-state index contributed by atoms with van der Waals surface area (Å²) in [5.74, 6) is 0.893. The van der Waals surface area contributed by atoms with Gasteiger partial charge in [-0.05, 0) is 84.8 Å². The van der Waals surface area contributed by atoms with E-state index in [9.17, 15) is 9.59 Å². The SMILES string of the molecule is COc1ccc(C=NNC(=O)CSc2nc3sc4c(c3c(=O)n2-c2ccc(Br)cc2)CCCC4)cc1OCc1ccccc1. The van der Waals surface area contributed by atoms with Gasteiger partial charge in [-0.25, -0.2) is 10.4 Å². The number of aromatic nitrogens is 2. The predicted molar refractivity (Wildman–Crippen MR) is 180 cm³/mol. The van der Waals surface area contributed by atoms with E-state index >= 15 is 0 Å². The van der Waals surface area contributed by atoms with Crippen LogP contribution in [0.25, 0.3) is 15.9 Å². The summed E-state index contributed by atoms with van der Waals surface area (Å²) in [6.45, 7) is 0.394. The average molecular weight is 690 g/mol. The summed E-state index contributed by atoms with van der Waals surface area (Å²) in [6.07, 6.45) is 5.63. The van der Waals surface area contributed by atoms with E-state index in [0.29, 0.717) is 34.3 Å². The van der Waals surface area contributed by atoms with Gasteiger partial charge in [0.25, 0.3) is 11.5 Å². The van der Waals surface area contributed by atoms with Crippen LogP contribution in [0.3, 0.4) is 0 Å². The van der Waals surface area contributed by atoms with Gasteiger partial charge in [-0.3, -0.25) is 14.2 Å². The lowest BCUT2D eigenvalue weighted by Crippen LogP contribution is -2.24. The Morgan fingerprint density at radius 2 is 1.89 bits per heavy atom. The minimum Gasteiger partial charge on any atom is -0.493 e.